The summed E-state index contributed by atoms with van der Waals surface area (Å²) in [6.45, 7) is 5.31. The second-order valence-corrected chi connectivity index (χ2v) is 5.50. The Balaban J connectivity index is 2.19. The van der Waals surface area contributed by atoms with E-state index in [1.165, 1.54) is 0 Å². The van der Waals surface area contributed by atoms with Crippen LogP contribution in [0.4, 0.5) is 0 Å². The molecule has 0 aliphatic rings. The van der Waals surface area contributed by atoms with E-state index in [-0.39, 0.29) is 6.54 Å². The van der Waals surface area contributed by atoms with Crippen LogP contribution in [0.25, 0.3) is 0 Å². The molecule has 0 saturated heterocycles. The predicted octanol–water partition coefficient (Wildman–Crippen LogP) is 1.41. The van der Waals surface area contributed by atoms with Gasteiger partial charge in [-0.05, 0) is 26.3 Å². The molecule has 5 nitrogen and oxygen atoms in total. The molecule has 0 aliphatic carbocycles. The van der Waals surface area contributed by atoms with E-state index in [0.29, 0.717) is 5.69 Å². The number of hydrogen-bond acceptors (Lipinski definition) is 4. The number of nitrogens with zero attached hydrogens (tertiary/aromatic N) is 3. The summed E-state index contributed by atoms with van der Waals surface area (Å²) in [5.74, 6) is 0. The summed E-state index contributed by atoms with van der Waals surface area (Å²) in [4.78, 5) is 0. The lowest BCUT2D eigenvalue weighted by molar-refractivity contribution is 0.0339. The van der Waals surface area contributed by atoms with Crippen molar-refractivity contribution in [3.05, 3.63) is 47.8 Å². The van der Waals surface area contributed by atoms with Gasteiger partial charge in [-0.15, -0.1) is 5.10 Å². The monoisotopic (exact) mass is 261 g/mol. The number of aliphatic hydroxyl groups is 2. The smallest absolute Gasteiger partial charge is 0.114 e. The van der Waals surface area contributed by atoms with E-state index >= 15 is 0 Å². The van der Waals surface area contributed by atoms with Crippen molar-refractivity contribution in [1.29, 1.82) is 0 Å². The van der Waals surface area contributed by atoms with Gasteiger partial charge in [0.25, 0.3) is 0 Å². The number of rotatable bonds is 4. The number of hydrogen-bond donors (Lipinski definition) is 2. The average molecular weight is 261 g/mol. The van der Waals surface area contributed by atoms with Crippen molar-refractivity contribution < 1.29 is 10.2 Å². The normalized spacial score (nSPS) is 15.2. The van der Waals surface area contributed by atoms with E-state index in [4.69, 9.17) is 0 Å². The Kier molecular flexibility index (Phi) is 3.43. The van der Waals surface area contributed by atoms with Gasteiger partial charge in [0.05, 0.1) is 12.7 Å². The largest absolute Gasteiger partial charge is 0.384 e. The van der Waals surface area contributed by atoms with Gasteiger partial charge < -0.3 is 10.2 Å². The quantitative estimate of drug-likeness (QED) is 0.873. The molecular weight excluding hydrogens is 242 g/mol. The summed E-state index contributed by atoms with van der Waals surface area (Å²) in [6, 6.07) is 9.41. The van der Waals surface area contributed by atoms with Crippen molar-refractivity contribution in [3.8, 4) is 0 Å². The number of aromatic nitrogens is 3. The highest BCUT2D eigenvalue weighted by Crippen LogP contribution is 2.23. The van der Waals surface area contributed by atoms with Gasteiger partial charge in [0.1, 0.15) is 16.9 Å². The summed E-state index contributed by atoms with van der Waals surface area (Å²) in [7, 11) is 0. The van der Waals surface area contributed by atoms with E-state index in [1.807, 2.05) is 30.3 Å². The van der Waals surface area contributed by atoms with Crippen LogP contribution in [0, 0.1) is 0 Å². The van der Waals surface area contributed by atoms with Crippen LogP contribution in [-0.2, 0) is 17.7 Å². The predicted molar refractivity (Wildman–Crippen MR) is 71.3 cm³/mol. The molecule has 1 aromatic carbocycles. The third-order valence-corrected chi connectivity index (χ3v) is 3.03. The highest BCUT2D eigenvalue weighted by Gasteiger charge is 2.26. The van der Waals surface area contributed by atoms with Gasteiger partial charge in [-0.3, -0.25) is 0 Å². The molecule has 2 N–H and O–H groups in total. The second kappa shape index (κ2) is 4.75. The van der Waals surface area contributed by atoms with Gasteiger partial charge in [0.2, 0.25) is 0 Å². The molecule has 1 atom stereocenters. The third-order valence-electron chi connectivity index (χ3n) is 3.03. The van der Waals surface area contributed by atoms with Gasteiger partial charge in [-0.2, -0.15) is 0 Å². The summed E-state index contributed by atoms with van der Waals surface area (Å²) >= 11 is 0. The SMILES string of the molecule is CC(C)(O)c1cn(CC(C)(O)c2ccccc2)nn1. The van der Waals surface area contributed by atoms with Crippen LogP contribution in [0.3, 0.4) is 0 Å². The Hall–Kier alpha value is -1.72. The first kappa shape index (κ1) is 13.7. The lowest BCUT2D eigenvalue weighted by atomic mass is 9.96. The number of benzene rings is 1. The van der Waals surface area contributed by atoms with Crippen LogP contribution in [0.5, 0.6) is 0 Å². The summed E-state index contributed by atoms with van der Waals surface area (Å²) in [5, 5.41) is 28.2. The van der Waals surface area contributed by atoms with Crippen LogP contribution in [0.2, 0.25) is 0 Å². The van der Waals surface area contributed by atoms with Crippen molar-refractivity contribution >= 4 is 0 Å². The van der Waals surface area contributed by atoms with Crippen LogP contribution >= 0.6 is 0 Å². The standard InChI is InChI=1S/C14H19N3O2/c1-13(2,18)12-9-17(16-15-12)10-14(3,19)11-7-5-4-6-8-11/h4-9,18-19H,10H2,1-3H3. The Morgan fingerprint density at radius 2 is 1.74 bits per heavy atom. The zero-order valence-corrected chi connectivity index (χ0v) is 11.4. The first-order valence-electron chi connectivity index (χ1n) is 6.20. The van der Waals surface area contributed by atoms with E-state index < -0.39 is 11.2 Å². The Morgan fingerprint density at radius 3 is 2.26 bits per heavy atom. The summed E-state index contributed by atoms with van der Waals surface area (Å²) in [6.07, 6.45) is 1.65. The average Bonchev–Trinajstić information content (AvgIpc) is 2.78. The zero-order chi connectivity index (χ0) is 14.1. The van der Waals surface area contributed by atoms with E-state index in [9.17, 15) is 10.2 Å². The van der Waals surface area contributed by atoms with Crippen molar-refractivity contribution in [3.63, 3.8) is 0 Å². The lowest BCUT2D eigenvalue weighted by Gasteiger charge is -2.23. The van der Waals surface area contributed by atoms with Gasteiger partial charge in [0, 0.05) is 0 Å². The van der Waals surface area contributed by atoms with E-state index in [1.54, 1.807) is 31.6 Å². The minimum absolute atomic E-state index is 0.278. The first-order chi connectivity index (χ1) is 8.79. The molecule has 0 aliphatic heterocycles. The van der Waals surface area contributed by atoms with Crippen LogP contribution in [0.1, 0.15) is 32.0 Å². The molecule has 0 bridgehead atoms. The highest BCUT2D eigenvalue weighted by atomic mass is 16.3. The maximum atomic E-state index is 10.5. The fourth-order valence-corrected chi connectivity index (χ4v) is 1.86. The maximum Gasteiger partial charge on any atom is 0.114 e. The van der Waals surface area contributed by atoms with E-state index in [2.05, 4.69) is 10.3 Å². The third kappa shape index (κ3) is 3.19. The molecule has 2 aromatic rings. The molecule has 102 valence electrons. The van der Waals surface area contributed by atoms with Crippen LogP contribution in [-0.4, -0.2) is 25.2 Å². The Labute approximate surface area is 112 Å². The maximum absolute atomic E-state index is 10.5. The molecule has 5 heteroatoms. The molecule has 19 heavy (non-hydrogen) atoms. The molecule has 1 heterocycles. The lowest BCUT2D eigenvalue weighted by Crippen LogP contribution is -2.28. The summed E-state index contributed by atoms with van der Waals surface area (Å²) in [5.41, 5.74) is -0.769. The molecule has 0 saturated carbocycles. The van der Waals surface area contributed by atoms with Crippen LogP contribution in [0.15, 0.2) is 36.5 Å². The molecule has 0 spiro atoms. The molecule has 0 amide bonds. The minimum atomic E-state index is -1.04. The zero-order valence-electron chi connectivity index (χ0n) is 11.4. The van der Waals surface area contributed by atoms with Crippen LogP contribution < -0.4 is 0 Å². The first-order valence-corrected chi connectivity index (χ1v) is 6.20. The second-order valence-electron chi connectivity index (χ2n) is 5.50. The molecule has 0 fully saturated rings. The van der Waals surface area contributed by atoms with Crippen molar-refractivity contribution in [2.75, 3.05) is 0 Å². The van der Waals surface area contributed by atoms with Gasteiger partial charge in [-0.25, -0.2) is 4.68 Å². The Morgan fingerprint density at radius 1 is 1.11 bits per heavy atom. The minimum Gasteiger partial charge on any atom is -0.384 e. The van der Waals surface area contributed by atoms with Gasteiger partial charge >= 0.3 is 0 Å². The van der Waals surface area contributed by atoms with E-state index in [0.717, 1.165) is 5.56 Å². The topological polar surface area (TPSA) is 71.2 Å². The van der Waals surface area contributed by atoms with Gasteiger partial charge in [-0.1, -0.05) is 35.5 Å². The molecule has 1 aromatic heterocycles. The van der Waals surface area contributed by atoms with Crippen molar-refractivity contribution in [2.45, 2.75) is 38.5 Å². The Bertz CT molecular complexity index is 541. The molecule has 0 radical (unpaired) electrons. The fourth-order valence-electron chi connectivity index (χ4n) is 1.86. The molecule has 1 unspecified atom stereocenters. The van der Waals surface area contributed by atoms with Crippen molar-refractivity contribution in [2.24, 2.45) is 0 Å². The molecule has 2 rings (SSSR count). The summed E-state index contributed by atoms with van der Waals surface area (Å²) < 4.78 is 1.54. The fraction of sp³-hybridized carbons (Fsp3) is 0.429. The van der Waals surface area contributed by atoms with Crippen molar-refractivity contribution in [1.82, 2.24) is 15.0 Å². The van der Waals surface area contributed by atoms with Gasteiger partial charge in [0.15, 0.2) is 0 Å². The highest BCUT2D eigenvalue weighted by molar-refractivity contribution is 5.21. The molecular formula is C14H19N3O2.